The summed E-state index contributed by atoms with van der Waals surface area (Å²) in [7, 11) is 0. The molecular weight excluding hydrogens is 234 g/mol. The van der Waals surface area contributed by atoms with E-state index in [1.54, 1.807) is 0 Å². The normalized spacial score (nSPS) is 10.5. The van der Waals surface area contributed by atoms with Gasteiger partial charge in [-0.25, -0.2) is 0 Å². The van der Waals surface area contributed by atoms with Crippen molar-refractivity contribution in [2.75, 3.05) is 5.32 Å². The van der Waals surface area contributed by atoms with Gasteiger partial charge in [0.05, 0.1) is 4.88 Å². The van der Waals surface area contributed by atoms with Crippen LogP contribution in [0.1, 0.15) is 27.9 Å². The van der Waals surface area contributed by atoms with E-state index in [9.17, 15) is 4.79 Å². The quantitative estimate of drug-likeness (QED) is 0.905. The molecule has 1 N–H and O–H groups in total. The van der Waals surface area contributed by atoms with Gasteiger partial charge in [0, 0.05) is 23.7 Å². The SMILES string of the molecule is CCCn1ccc(NC(=O)c2ccc(C)s2)n1. The fraction of sp³-hybridized carbons (Fsp3) is 0.333. The van der Waals surface area contributed by atoms with E-state index in [4.69, 9.17) is 0 Å². The second kappa shape index (κ2) is 5.14. The van der Waals surface area contributed by atoms with Gasteiger partial charge in [0.2, 0.25) is 0 Å². The van der Waals surface area contributed by atoms with Crippen molar-refractivity contribution in [1.82, 2.24) is 9.78 Å². The number of rotatable bonds is 4. The molecular formula is C12H15N3OS. The van der Waals surface area contributed by atoms with E-state index in [1.807, 2.05) is 36.0 Å². The summed E-state index contributed by atoms with van der Waals surface area (Å²) < 4.78 is 1.83. The first-order chi connectivity index (χ1) is 8.19. The van der Waals surface area contributed by atoms with Crippen LogP contribution in [-0.4, -0.2) is 15.7 Å². The molecule has 0 aliphatic heterocycles. The Labute approximate surface area is 104 Å². The Kier molecular flexibility index (Phi) is 3.58. The van der Waals surface area contributed by atoms with Crippen LogP contribution in [0.15, 0.2) is 24.4 Å². The Hall–Kier alpha value is -1.62. The molecule has 0 bridgehead atoms. The third-order valence-electron chi connectivity index (χ3n) is 2.30. The summed E-state index contributed by atoms with van der Waals surface area (Å²) in [6, 6.07) is 5.58. The second-order valence-electron chi connectivity index (χ2n) is 3.83. The van der Waals surface area contributed by atoms with Gasteiger partial charge in [-0.2, -0.15) is 5.10 Å². The molecule has 0 saturated carbocycles. The topological polar surface area (TPSA) is 46.9 Å². The number of aromatic nitrogens is 2. The number of carbonyl (C=O) groups is 1. The van der Waals surface area contributed by atoms with E-state index in [2.05, 4.69) is 17.3 Å². The first-order valence-corrected chi connectivity index (χ1v) is 6.42. The smallest absolute Gasteiger partial charge is 0.266 e. The van der Waals surface area contributed by atoms with Gasteiger partial charge in [-0.05, 0) is 25.5 Å². The highest BCUT2D eigenvalue weighted by Crippen LogP contribution is 2.16. The summed E-state index contributed by atoms with van der Waals surface area (Å²) >= 11 is 1.49. The molecule has 0 spiro atoms. The molecule has 2 rings (SSSR count). The van der Waals surface area contributed by atoms with E-state index in [1.165, 1.54) is 11.3 Å². The van der Waals surface area contributed by atoms with E-state index in [0.717, 1.165) is 17.8 Å². The molecule has 2 aromatic heterocycles. The fourth-order valence-corrected chi connectivity index (χ4v) is 2.28. The number of amides is 1. The molecule has 4 nitrogen and oxygen atoms in total. The lowest BCUT2D eigenvalue weighted by atomic mass is 10.4. The Morgan fingerprint density at radius 3 is 2.94 bits per heavy atom. The Morgan fingerprint density at radius 2 is 2.29 bits per heavy atom. The highest BCUT2D eigenvalue weighted by molar-refractivity contribution is 7.14. The number of thiophene rings is 1. The zero-order valence-electron chi connectivity index (χ0n) is 9.93. The van der Waals surface area contributed by atoms with Crippen LogP contribution in [0.4, 0.5) is 5.82 Å². The Bertz CT molecular complexity index is 515. The summed E-state index contributed by atoms with van der Waals surface area (Å²) in [6.45, 7) is 4.94. The largest absolute Gasteiger partial charge is 0.304 e. The number of aryl methyl sites for hydroxylation is 2. The molecule has 0 aliphatic carbocycles. The molecule has 0 aliphatic rings. The third kappa shape index (κ3) is 2.94. The molecule has 0 atom stereocenters. The lowest BCUT2D eigenvalue weighted by Gasteiger charge is -1.99. The minimum Gasteiger partial charge on any atom is -0.304 e. The summed E-state index contributed by atoms with van der Waals surface area (Å²) in [4.78, 5) is 13.7. The van der Waals surface area contributed by atoms with Gasteiger partial charge in [-0.1, -0.05) is 6.92 Å². The average Bonchev–Trinajstić information content (AvgIpc) is 2.88. The zero-order chi connectivity index (χ0) is 12.3. The zero-order valence-corrected chi connectivity index (χ0v) is 10.8. The maximum absolute atomic E-state index is 11.8. The van der Waals surface area contributed by atoms with E-state index < -0.39 is 0 Å². The standard InChI is InChI=1S/C12H15N3OS/c1-3-7-15-8-6-11(14-15)13-12(16)10-5-4-9(2)17-10/h4-6,8H,3,7H2,1-2H3,(H,13,14,16). The molecule has 0 saturated heterocycles. The van der Waals surface area contributed by atoms with Gasteiger partial charge in [0.15, 0.2) is 5.82 Å². The molecule has 17 heavy (non-hydrogen) atoms. The summed E-state index contributed by atoms with van der Waals surface area (Å²) in [5.74, 6) is 0.513. The van der Waals surface area contributed by atoms with Gasteiger partial charge >= 0.3 is 0 Å². The predicted octanol–water partition coefficient (Wildman–Crippen LogP) is 2.92. The highest BCUT2D eigenvalue weighted by Gasteiger charge is 2.09. The first-order valence-electron chi connectivity index (χ1n) is 5.60. The van der Waals surface area contributed by atoms with Gasteiger partial charge < -0.3 is 5.32 Å². The van der Waals surface area contributed by atoms with Crippen molar-refractivity contribution in [3.8, 4) is 0 Å². The van der Waals surface area contributed by atoms with Crippen molar-refractivity contribution in [3.63, 3.8) is 0 Å². The minimum atomic E-state index is -0.0927. The lowest BCUT2D eigenvalue weighted by molar-refractivity contribution is 0.103. The van der Waals surface area contributed by atoms with Crippen LogP contribution < -0.4 is 5.32 Å². The summed E-state index contributed by atoms with van der Waals surface area (Å²) in [5, 5.41) is 7.05. The molecule has 0 radical (unpaired) electrons. The lowest BCUT2D eigenvalue weighted by Crippen LogP contribution is -2.11. The first kappa shape index (κ1) is 11.9. The van der Waals surface area contributed by atoms with Crippen LogP contribution in [0.3, 0.4) is 0 Å². The van der Waals surface area contributed by atoms with Gasteiger partial charge in [0.25, 0.3) is 5.91 Å². The van der Waals surface area contributed by atoms with Crippen molar-refractivity contribution in [1.29, 1.82) is 0 Å². The van der Waals surface area contributed by atoms with Crippen molar-refractivity contribution >= 4 is 23.1 Å². The Balaban J connectivity index is 2.02. The van der Waals surface area contributed by atoms with Crippen LogP contribution in [0.2, 0.25) is 0 Å². The molecule has 90 valence electrons. The molecule has 1 amide bonds. The van der Waals surface area contributed by atoms with Gasteiger partial charge in [-0.15, -0.1) is 11.3 Å². The van der Waals surface area contributed by atoms with Gasteiger partial charge in [-0.3, -0.25) is 9.48 Å². The Morgan fingerprint density at radius 1 is 1.47 bits per heavy atom. The van der Waals surface area contributed by atoms with Crippen LogP contribution in [-0.2, 0) is 6.54 Å². The number of nitrogens with zero attached hydrogens (tertiary/aromatic N) is 2. The van der Waals surface area contributed by atoms with Crippen molar-refractivity contribution in [2.24, 2.45) is 0 Å². The molecule has 5 heteroatoms. The van der Waals surface area contributed by atoms with Crippen LogP contribution in [0, 0.1) is 6.92 Å². The summed E-state index contributed by atoms with van der Waals surface area (Å²) in [5.41, 5.74) is 0. The van der Waals surface area contributed by atoms with Crippen molar-refractivity contribution < 1.29 is 4.79 Å². The fourth-order valence-electron chi connectivity index (χ4n) is 1.52. The van der Waals surface area contributed by atoms with Crippen LogP contribution >= 0.6 is 11.3 Å². The highest BCUT2D eigenvalue weighted by atomic mass is 32.1. The second-order valence-corrected chi connectivity index (χ2v) is 5.12. The maximum atomic E-state index is 11.8. The van der Waals surface area contributed by atoms with Crippen LogP contribution in [0.5, 0.6) is 0 Å². The molecule has 0 aromatic carbocycles. The van der Waals surface area contributed by atoms with Crippen molar-refractivity contribution in [2.45, 2.75) is 26.8 Å². The van der Waals surface area contributed by atoms with Crippen molar-refractivity contribution in [3.05, 3.63) is 34.2 Å². The minimum absolute atomic E-state index is 0.0927. The van der Waals surface area contributed by atoms with E-state index in [0.29, 0.717) is 10.7 Å². The third-order valence-corrected chi connectivity index (χ3v) is 3.30. The average molecular weight is 249 g/mol. The monoisotopic (exact) mass is 249 g/mol. The van der Waals surface area contributed by atoms with E-state index >= 15 is 0 Å². The van der Waals surface area contributed by atoms with E-state index in [-0.39, 0.29) is 5.91 Å². The number of hydrogen-bond acceptors (Lipinski definition) is 3. The maximum Gasteiger partial charge on any atom is 0.266 e. The number of carbonyl (C=O) groups excluding carboxylic acids is 1. The summed E-state index contributed by atoms with van der Waals surface area (Å²) in [6.07, 6.45) is 2.90. The predicted molar refractivity (Wildman–Crippen MR) is 69.5 cm³/mol. The number of anilines is 1. The number of hydrogen-bond donors (Lipinski definition) is 1. The van der Waals surface area contributed by atoms with Crippen LogP contribution in [0.25, 0.3) is 0 Å². The number of nitrogens with one attached hydrogen (secondary N) is 1. The molecule has 0 unspecified atom stereocenters. The van der Waals surface area contributed by atoms with Gasteiger partial charge in [0.1, 0.15) is 0 Å². The molecule has 0 fully saturated rings. The molecule has 2 heterocycles. The molecule has 2 aromatic rings.